The Kier molecular flexibility index (Phi) is 4.63. The maximum absolute atomic E-state index is 12.8. The zero-order valence-electron chi connectivity index (χ0n) is 14.2. The number of sulfone groups is 1. The van der Waals surface area contributed by atoms with Crippen LogP contribution in [-0.4, -0.2) is 37.4 Å². The molecular formula is C19H20N2O3S. The van der Waals surface area contributed by atoms with Crippen molar-refractivity contribution in [1.29, 1.82) is 0 Å². The molecule has 25 heavy (non-hydrogen) atoms. The van der Waals surface area contributed by atoms with E-state index in [0.29, 0.717) is 5.56 Å². The summed E-state index contributed by atoms with van der Waals surface area (Å²) in [5, 5.41) is 3.59. The minimum atomic E-state index is -3.12. The maximum atomic E-state index is 12.8. The Labute approximate surface area is 147 Å². The van der Waals surface area contributed by atoms with E-state index in [-0.39, 0.29) is 18.2 Å². The highest BCUT2D eigenvalue weighted by Crippen LogP contribution is 2.32. The van der Waals surface area contributed by atoms with Gasteiger partial charge in [0.2, 0.25) is 0 Å². The molecule has 0 radical (unpaired) electrons. The second kappa shape index (κ2) is 6.72. The zero-order chi connectivity index (χ0) is 18.0. The van der Waals surface area contributed by atoms with E-state index in [1.807, 2.05) is 66.2 Å². The van der Waals surface area contributed by atoms with Gasteiger partial charge in [-0.3, -0.25) is 4.79 Å². The predicted molar refractivity (Wildman–Crippen MR) is 100 cm³/mol. The van der Waals surface area contributed by atoms with Gasteiger partial charge in [-0.1, -0.05) is 48.5 Å². The van der Waals surface area contributed by atoms with Gasteiger partial charge in [0.05, 0.1) is 17.0 Å². The third-order valence-corrected chi connectivity index (χ3v) is 5.09. The summed E-state index contributed by atoms with van der Waals surface area (Å²) in [6.45, 7) is 0.0924. The molecule has 5 nitrogen and oxygen atoms in total. The van der Waals surface area contributed by atoms with E-state index in [4.69, 9.17) is 0 Å². The van der Waals surface area contributed by atoms with Gasteiger partial charge in [-0.05, 0) is 11.6 Å². The highest BCUT2D eigenvalue weighted by atomic mass is 32.2. The summed E-state index contributed by atoms with van der Waals surface area (Å²) in [5.74, 6) is -0.344. The first-order chi connectivity index (χ1) is 11.9. The number of rotatable bonds is 5. The van der Waals surface area contributed by atoms with Crippen LogP contribution in [0.5, 0.6) is 0 Å². The summed E-state index contributed by atoms with van der Waals surface area (Å²) in [5.41, 5.74) is 3.28. The number of nitrogens with one attached hydrogen (secondary N) is 1. The number of para-hydroxylation sites is 1. The number of fused-ring (bicyclic) bond motifs is 1. The molecule has 1 amide bonds. The summed E-state index contributed by atoms with van der Waals surface area (Å²) < 4.78 is 24.6. The van der Waals surface area contributed by atoms with E-state index in [9.17, 15) is 13.2 Å². The lowest BCUT2D eigenvalue weighted by Crippen LogP contribution is -2.29. The van der Waals surface area contributed by atoms with Crippen molar-refractivity contribution in [1.82, 2.24) is 9.88 Å². The van der Waals surface area contributed by atoms with E-state index < -0.39 is 9.84 Å². The summed E-state index contributed by atoms with van der Waals surface area (Å²) in [6, 6.07) is 17.4. The van der Waals surface area contributed by atoms with Crippen LogP contribution in [0.25, 0.3) is 22.2 Å². The Balaban J connectivity index is 2.08. The van der Waals surface area contributed by atoms with Crippen molar-refractivity contribution in [2.75, 3.05) is 18.6 Å². The minimum absolute atomic E-state index is 0.0792. The molecule has 0 aliphatic rings. The molecule has 0 unspecified atom stereocenters. The van der Waals surface area contributed by atoms with Crippen molar-refractivity contribution < 1.29 is 13.2 Å². The number of amides is 1. The first kappa shape index (κ1) is 17.2. The number of nitrogens with zero attached hydrogens (tertiary/aromatic N) is 1. The van der Waals surface area contributed by atoms with Crippen LogP contribution < -0.4 is 5.32 Å². The van der Waals surface area contributed by atoms with E-state index in [0.717, 1.165) is 28.4 Å². The van der Waals surface area contributed by atoms with Gasteiger partial charge in [0.15, 0.2) is 0 Å². The number of hydrogen-bond donors (Lipinski definition) is 1. The fourth-order valence-corrected chi connectivity index (χ4v) is 3.47. The molecule has 130 valence electrons. The first-order valence-corrected chi connectivity index (χ1v) is 10.0. The van der Waals surface area contributed by atoms with E-state index in [1.165, 1.54) is 0 Å². The van der Waals surface area contributed by atoms with Crippen LogP contribution in [0, 0.1) is 0 Å². The number of aromatic nitrogens is 1. The quantitative estimate of drug-likeness (QED) is 0.764. The zero-order valence-corrected chi connectivity index (χ0v) is 15.0. The first-order valence-electron chi connectivity index (χ1n) is 7.97. The average Bonchev–Trinajstić information content (AvgIpc) is 2.88. The van der Waals surface area contributed by atoms with Gasteiger partial charge in [0, 0.05) is 30.8 Å². The molecule has 0 fully saturated rings. The maximum Gasteiger partial charge on any atom is 0.254 e. The van der Waals surface area contributed by atoms with Gasteiger partial charge >= 0.3 is 0 Å². The molecule has 3 rings (SSSR count). The molecule has 0 aliphatic heterocycles. The van der Waals surface area contributed by atoms with Gasteiger partial charge in [-0.15, -0.1) is 0 Å². The molecule has 0 spiro atoms. The lowest BCUT2D eigenvalue weighted by atomic mass is 10.0. The molecule has 3 aromatic rings. The van der Waals surface area contributed by atoms with E-state index >= 15 is 0 Å². The Morgan fingerprint density at radius 3 is 2.36 bits per heavy atom. The van der Waals surface area contributed by atoms with Crippen LogP contribution in [0.3, 0.4) is 0 Å². The van der Waals surface area contributed by atoms with Crippen molar-refractivity contribution in [3.8, 4) is 11.3 Å². The molecule has 6 heteroatoms. The molecule has 0 saturated carbocycles. The largest absolute Gasteiger partial charge is 0.351 e. The molecule has 0 aliphatic carbocycles. The summed E-state index contributed by atoms with van der Waals surface area (Å²) in [6.07, 6.45) is 1.16. The van der Waals surface area contributed by atoms with E-state index in [2.05, 4.69) is 5.32 Å². The van der Waals surface area contributed by atoms with Gasteiger partial charge in [0.25, 0.3) is 5.91 Å². The molecule has 2 aromatic carbocycles. The van der Waals surface area contributed by atoms with Crippen molar-refractivity contribution in [3.63, 3.8) is 0 Å². The van der Waals surface area contributed by atoms with Gasteiger partial charge in [-0.25, -0.2) is 8.42 Å². The lowest BCUT2D eigenvalue weighted by Gasteiger charge is -2.09. The standard InChI is InChI=1S/C19H20N2O3S/c1-21-16-11-7-6-10-15(16)17(18(21)14-8-4-3-5-9-14)19(22)20-12-13-25(2,23)24/h3-11H,12-13H2,1-2H3,(H,20,22). The lowest BCUT2D eigenvalue weighted by molar-refractivity contribution is 0.0958. The predicted octanol–water partition coefficient (Wildman–Crippen LogP) is 2.62. The number of carbonyl (C=O) groups is 1. The summed E-state index contributed by atoms with van der Waals surface area (Å²) >= 11 is 0. The number of carbonyl (C=O) groups excluding carboxylic acids is 1. The second-order valence-electron chi connectivity index (χ2n) is 6.05. The van der Waals surface area contributed by atoms with Crippen LogP contribution >= 0.6 is 0 Å². The fraction of sp³-hybridized carbons (Fsp3) is 0.211. The van der Waals surface area contributed by atoms with Gasteiger partial charge < -0.3 is 9.88 Å². The van der Waals surface area contributed by atoms with Crippen LogP contribution in [0.4, 0.5) is 0 Å². The summed E-state index contributed by atoms with van der Waals surface area (Å²) in [7, 11) is -1.19. The molecule has 0 bridgehead atoms. The van der Waals surface area contributed by atoms with Crippen LogP contribution in [0.2, 0.25) is 0 Å². The molecule has 0 saturated heterocycles. The monoisotopic (exact) mass is 356 g/mol. The Morgan fingerprint density at radius 1 is 1.04 bits per heavy atom. The minimum Gasteiger partial charge on any atom is -0.351 e. The third kappa shape index (κ3) is 3.58. The van der Waals surface area contributed by atoms with Crippen molar-refractivity contribution in [2.45, 2.75) is 0 Å². The normalized spacial score (nSPS) is 11.6. The molecule has 1 N–H and O–H groups in total. The fourth-order valence-electron chi connectivity index (χ4n) is 3.00. The molecule has 1 heterocycles. The third-order valence-electron chi connectivity index (χ3n) is 4.14. The molecule has 1 aromatic heterocycles. The number of hydrogen-bond acceptors (Lipinski definition) is 3. The van der Waals surface area contributed by atoms with Crippen molar-refractivity contribution in [3.05, 3.63) is 60.2 Å². The smallest absolute Gasteiger partial charge is 0.254 e. The average molecular weight is 356 g/mol. The van der Waals surface area contributed by atoms with Crippen molar-refractivity contribution >= 4 is 26.6 Å². The SMILES string of the molecule is Cn1c(-c2ccccc2)c(C(=O)NCCS(C)(=O)=O)c2ccccc21. The number of aryl methyl sites for hydroxylation is 1. The number of benzene rings is 2. The van der Waals surface area contributed by atoms with Gasteiger partial charge in [0.1, 0.15) is 9.84 Å². The molecular weight excluding hydrogens is 336 g/mol. The van der Waals surface area contributed by atoms with Crippen LogP contribution in [0.15, 0.2) is 54.6 Å². The summed E-state index contributed by atoms with van der Waals surface area (Å²) in [4.78, 5) is 12.8. The highest BCUT2D eigenvalue weighted by Gasteiger charge is 2.22. The Morgan fingerprint density at radius 2 is 1.68 bits per heavy atom. The topological polar surface area (TPSA) is 68.2 Å². The molecule has 0 atom stereocenters. The van der Waals surface area contributed by atoms with E-state index in [1.54, 1.807) is 0 Å². The van der Waals surface area contributed by atoms with Crippen molar-refractivity contribution in [2.24, 2.45) is 7.05 Å². The van der Waals surface area contributed by atoms with Gasteiger partial charge in [-0.2, -0.15) is 0 Å². The Hall–Kier alpha value is -2.60. The highest BCUT2D eigenvalue weighted by molar-refractivity contribution is 7.90. The van der Waals surface area contributed by atoms with Crippen LogP contribution in [-0.2, 0) is 16.9 Å². The Bertz CT molecular complexity index is 1020. The van der Waals surface area contributed by atoms with Crippen LogP contribution in [0.1, 0.15) is 10.4 Å². The second-order valence-corrected chi connectivity index (χ2v) is 8.31.